The number of benzene rings is 3. The van der Waals surface area contributed by atoms with Crippen LogP contribution in [0.3, 0.4) is 0 Å². The molecule has 5 rings (SSSR count). The molecular formula is C27H29N6NaO. The minimum Gasteiger partial charge on any atom is -1.00 e. The van der Waals surface area contributed by atoms with E-state index in [1.807, 2.05) is 18.2 Å². The number of imidazole rings is 1. The Morgan fingerprint density at radius 2 is 1.77 bits per heavy atom. The number of fused-ring (bicyclic) bond motifs is 1. The molecule has 3 aromatic carbocycles. The van der Waals surface area contributed by atoms with Gasteiger partial charge in [0.1, 0.15) is 5.82 Å². The minimum atomic E-state index is 0. The van der Waals surface area contributed by atoms with Gasteiger partial charge in [-0.15, -0.1) is 10.2 Å². The third-order valence-corrected chi connectivity index (χ3v) is 6.10. The van der Waals surface area contributed by atoms with Gasteiger partial charge in [0, 0.05) is 31.2 Å². The van der Waals surface area contributed by atoms with E-state index in [1.54, 1.807) is 7.11 Å². The van der Waals surface area contributed by atoms with Crippen LogP contribution in [0.1, 0.15) is 38.1 Å². The maximum atomic E-state index is 5.48. The van der Waals surface area contributed by atoms with Crippen molar-refractivity contribution < 1.29 is 35.7 Å². The van der Waals surface area contributed by atoms with Crippen LogP contribution in [0.15, 0.2) is 66.7 Å². The number of methoxy groups -OCH3 is 1. The van der Waals surface area contributed by atoms with Gasteiger partial charge in [0.2, 0.25) is 5.82 Å². The third-order valence-electron chi connectivity index (χ3n) is 6.10. The molecule has 7 nitrogen and oxygen atoms in total. The fraction of sp³-hybridized carbons (Fsp3) is 0.259. The minimum absolute atomic E-state index is 0. The Labute approximate surface area is 228 Å². The normalized spacial score (nSPS) is 11.0. The van der Waals surface area contributed by atoms with Gasteiger partial charge >= 0.3 is 29.6 Å². The van der Waals surface area contributed by atoms with E-state index >= 15 is 0 Å². The van der Waals surface area contributed by atoms with Gasteiger partial charge in [0.05, 0.1) is 17.6 Å². The summed E-state index contributed by atoms with van der Waals surface area (Å²) in [6.07, 6.45) is 3.23. The summed E-state index contributed by atoms with van der Waals surface area (Å²) >= 11 is 0. The van der Waals surface area contributed by atoms with E-state index in [9.17, 15) is 0 Å². The molecule has 5 aromatic rings. The summed E-state index contributed by atoms with van der Waals surface area (Å²) in [6, 6.07) is 23.1. The summed E-state index contributed by atoms with van der Waals surface area (Å²) in [5, 5.41) is 14.6. The van der Waals surface area contributed by atoms with Crippen LogP contribution in [0.2, 0.25) is 0 Å². The Hall–Kier alpha value is -2.84. The average Bonchev–Trinajstić information content (AvgIpc) is 3.53. The zero-order chi connectivity index (χ0) is 23.3. The molecule has 0 saturated carbocycles. The summed E-state index contributed by atoms with van der Waals surface area (Å²) < 4.78 is 7.84. The number of hydrogen-bond acceptors (Lipinski definition) is 5. The zero-order valence-electron chi connectivity index (χ0n) is 21.5. The van der Waals surface area contributed by atoms with Gasteiger partial charge in [-0.25, -0.2) is 4.98 Å². The molecule has 0 aliphatic heterocycles. The SMILES string of the molecule is CCCCc1nc2cccc(COC)c2n1Cc1ccc(-c2ccccc2-c2nn[nH]n2)cc1.[H-].[Na+]. The van der Waals surface area contributed by atoms with Crippen LogP contribution in [0.25, 0.3) is 33.5 Å². The van der Waals surface area contributed by atoms with Gasteiger partial charge in [-0.1, -0.05) is 74.0 Å². The molecule has 0 radical (unpaired) electrons. The third kappa shape index (κ3) is 5.38. The number of tetrazole rings is 1. The van der Waals surface area contributed by atoms with Crippen LogP contribution >= 0.6 is 0 Å². The number of para-hydroxylation sites is 1. The van der Waals surface area contributed by atoms with Crippen molar-refractivity contribution in [1.29, 1.82) is 0 Å². The quantitative estimate of drug-likeness (QED) is 0.331. The van der Waals surface area contributed by atoms with E-state index in [0.717, 1.165) is 53.8 Å². The van der Waals surface area contributed by atoms with E-state index in [0.29, 0.717) is 12.4 Å². The Morgan fingerprint density at radius 1 is 0.971 bits per heavy atom. The predicted octanol–water partition coefficient (Wildman–Crippen LogP) is 2.54. The van der Waals surface area contributed by atoms with Crippen LogP contribution in [-0.2, 0) is 24.3 Å². The van der Waals surface area contributed by atoms with Crippen molar-refractivity contribution in [3.05, 3.63) is 83.7 Å². The van der Waals surface area contributed by atoms with Crippen molar-refractivity contribution in [3.63, 3.8) is 0 Å². The van der Waals surface area contributed by atoms with E-state index in [4.69, 9.17) is 9.72 Å². The van der Waals surface area contributed by atoms with Crippen molar-refractivity contribution in [2.24, 2.45) is 0 Å². The molecule has 0 spiro atoms. The second-order valence-electron chi connectivity index (χ2n) is 8.41. The second-order valence-corrected chi connectivity index (χ2v) is 8.41. The largest absolute Gasteiger partial charge is 1.00 e. The first-order valence-corrected chi connectivity index (χ1v) is 11.7. The number of aryl methyl sites for hydroxylation is 1. The Kier molecular flexibility index (Phi) is 8.46. The van der Waals surface area contributed by atoms with Crippen LogP contribution in [0.5, 0.6) is 0 Å². The van der Waals surface area contributed by atoms with E-state index in [-0.39, 0.29) is 31.0 Å². The summed E-state index contributed by atoms with van der Waals surface area (Å²) in [5.74, 6) is 1.72. The van der Waals surface area contributed by atoms with Gasteiger partial charge in [-0.05, 0) is 34.4 Å². The molecule has 0 fully saturated rings. The van der Waals surface area contributed by atoms with Gasteiger partial charge in [-0.3, -0.25) is 0 Å². The van der Waals surface area contributed by atoms with Gasteiger partial charge in [-0.2, -0.15) is 5.21 Å². The Morgan fingerprint density at radius 3 is 2.49 bits per heavy atom. The smallest absolute Gasteiger partial charge is 1.00 e. The van der Waals surface area contributed by atoms with Crippen molar-refractivity contribution in [3.8, 4) is 22.5 Å². The molecule has 0 bridgehead atoms. The first-order valence-electron chi connectivity index (χ1n) is 11.7. The molecule has 1 N–H and O–H groups in total. The summed E-state index contributed by atoms with van der Waals surface area (Å²) in [4.78, 5) is 4.98. The van der Waals surface area contributed by atoms with Crippen LogP contribution in [0.4, 0.5) is 0 Å². The number of hydrogen-bond donors (Lipinski definition) is 1. The number of nitrogens with zero attached hydrogens (tertiary/aromatic N) is 5. The molecule has 2 heterocycles. The van der Waals surface area contributed by atoms with Crippen molar-refractivity contribution >= 4 is 11.0 Å². The first kappa shape index (κ1) is 25.3. The number of aromatic nitrogens is 6. The zero-order valence-corrected chi connectivity index (χ0v) is 22.5. The molecular weight excluding hydrogens is 447 g/mol. The number of aromatic amines is 1. The molecule has 0 atom stereocenters. The van der Waals surface area contributed by atoms with Crippen LogP contribution < -0.4 is 29.6 Å². The average molecular weight is 477 g/mol. The molecule has 8 heteroatoms. The topological polar surface area (TPSA) is 81.5 Å². The van der Waals surface area contributed by atoms with Crippen molar-refractivity contribution in [1.82, 2.24) is 30.2 Å². The Balaban J connectivity index is 0.00000180. The fourth-order valence-corrected chi connectivity index (χ4v) is 4.45. The Bertz CT molecular complexity index is 1390. The fourth-order valence-electron chi connectivity index (χ4n) is 4.45. The maximum Gasteiger partial charge on any atom is 1.00 e. The predicted molar refractivity (Wildman–Crippen MR) is 134 cm³/mol. The molecule has 0 unspecified atom stereocenters. The molecule has 0 aliphatic carbocycles. The van der Waals surface area contributed by atoms with Crippen LogP contribution in [0, 0.1) is 0 Å². The summed E-state index contributed by atoms with van der Waals surface area (Å²) in [7, 11) is 1.74. The van der Waals surface area contributed by atoms with Crippen molar-refractivity contribution in [2.45, 2.75) is 39.3 Å². The van der Waals surface area contributed by atoms with E-state index in [1.165, 1.54) is 16.6 Å². The number of ether oxygens (including phenoxy) is 1. The van der Waals surface area contributed by atoms with Gasteiger partial charge < -0.3 is 10.7 Å². The maximum absolute atomic E-state index is 5.48. The van der Waals surface area contributed by atoms with Gasteiger partial charge in [0.15, 0.2) is 0 Å². The molecule has 2 aromatic heterocycles. The molecule has 0 saturated heterocycles. The van der Waals surface area contributed by atoms with E-state index < -0.39 is 0 Å². The molecule has 0 amide bonds. The standard InChI is InChI=1S/C27H28N6O.Na.H/c1-3-4-12-25-28-24-11-7-8-21(18-34-2)26(24)33(25)17-19-13-15-20(16-14-19)22-9-5-6-10-23(22)27-29-31-32-30-27;;/h5-11,13-16H,3-4,12,17-18H2,1-2H3,(H,29,30,31,32);;/q;+1;-1. The molecule has 35 heavy (non-hydrogen) atoms. The second kappa shape index (κ2) is 11.7. The summed E-state index contributed by atoms with van der Waals surface area (Å²) in [6.45, 7) is 3.56. The van der Waals surface area contributed by atoms with Crippen LogP contribution in [-0.4, -0.2) is 37.3 Å². The van der Waals surface area contributed by atoms with Crippen molar-refractivity contribution in [2.75, 3.05) is 7.11 Å². The van der Waals surface area contributed by atoms with Gasteiger partial charge in [0.25, 0.3) is 0 Å². The molecule has 0 aliphatic rings. The summed E-state index contributed by atoms with van der Waals surface area (Å²) in [5.41, 5.74) is 7.75. The number of rotatable bonds is 9. The molecule has 174 valence electrons. The number of nitrogens with one attached hydrogen (secondary N) is 1. The number of unbranched alkanes of at least 4 members (excludes halogenated alkanes) is 1. The monoisotopic (exact) mass is 476 g/mol. The number of H-pyrrole nitrogens is 1. The first-order chi connectivity index (χ1) is 16.8. The van der Waals surface area contributed by atoms with E-state index in [2.05, 4.69) is 80.6 Å².